The van der Waals surface area contributed by atoms with Gasteiger partial charge < -0.3 is 15.2 Å². The monoisotopic (exact) mass is 358 g/mol. The van der Waals surface area contributed by atoms with Crippen LogP contribution >= 0.6 is 0 Å². The molecule has 1 amide bonds. The van der Waals surface area contributed by atoms with E-state index < -0.39 is 5.60 Å². The van der Waals surface area contributed by atoms with Crippen LogP contribution in [-0.4, -0.2) is 41.4 Å². The van der Waals surface area contributed by atoms with E-state index in [1.54, 1.807) is 31.4 Å². The summed E-state index contributed by atoms with van der Waals surface area (Å²) < 4.78 is 18.7. The van der Waals surface area contributed by atoms with Crippen LogP contribution in [0.1, 0.15) is 36.0 Å². The lowest BCUT2D eigenvalue weighted by Gasteiger charge is -2.37. The lowest BCUT2D eigenvalue weighted by molar-refractivity contribution is -0.0791. The van der Waals surface area contributed by atoms with Crippen molar-refractivity contribution in [2.75, 3.05) is 13.7 Å². The van der Waals surface area contributed by atoms with E-state index in [0.29, 0.717) is 29.7 Å². The molecule has 1 aromatic heterocycles. The van der Waals surface area contributed by atoms with Crippen LogP contribution in [0.3, 0.4) is 0 Å². The zero-order chi connectivity index (χ0) is 18.6. The molecule has 1 saturated carbocycles. The average Bonchev–Trinajstić information content (AvgIpc) is 2.69. The number of hydrogen-bond donors (Lipinski definition) is 2. The molecule has 0 atom stereocenters. The van der Waals surface area contributed by atoms with Crippen LogP contribution in [0, 0.1) is 5.82 Å². The van der Waals surface area contributed by atoms with Gasteiger partial charge in [0.2, 0.25) is 0 Å². The molecule has 1 fully saturated rings. The Kier molecular flexibility index (Phi) is 5.64. The minimum Gasteiger partial charge on any atom is -0.393 e. The molecule has 5 nitrogen and oxygen atoms in total. The lowest BCUT2D eigenvalue weighted by atomic mass is 9.82. The van der Waals surface area contributed by atoms with Gasteiger partial charge >= 0.3 is 0 Å². The second kappa shape index (κ2) is 7.93. The third-order valence-electron chi connectivity index (χ3n) is 5.10. The maximum absolute atomic E-state index is 13.3. The topological polar surface area (TPSA) is 71.5 Å². The minimum absolute atomic E-state index is 0.00434. The van der Waals surface area contributed by atoms with E-state index in [-0.39, 0.29) is 24.4 Å². The maximum Gasteiger partial charge on any atom is 0.253 e. The number of carbonyl (C=O) groups is 1. The number of hydrogen-bond acceptors (Lipinski definition) is 4. The third kappa shape index (κ3) is 4.08. The van der Waals surface area contributed by atoms with E-state index in [1.165, 1.54) is 18.3 Å². The number of halogens is 1. The molecule has 2 N–H and O–H groups in total. The molecular formula is C20H23FN2O3. The zero-order valence-corrected chi connectivity index (χ0v) is 14.7. The van der Waals surface area contributed by atoms with Crippen LogP contribution < -0.4 is 5.32 Å². The highest BCUT2D eigenvalue weighted by Crippen LogP contribution is 2.31. The van der Waals surface area contributed by atoms with Crippen molar-refractivity contribution in [1.82, 2.24) is 10.3 Å². The van der Waals surface area contributed by atoms with Crippen molar-refractivity contribution < 1.29 is 19.0 Å². The van der Waals surface area contributed by atoms with Crippen LogP contribution in [-0.2, 0) is 4.74 Å². The second-order valence-electron chi connectivity index (χ2n) is 6.74. The Labute approximate surface area is 152 Å². The number of carbonyl (C=O) groups excluding carboxylic acids is 1. The molecule has 0 bridgehead atoms. The molecule has 138 valence electrons. The van der Waals surface area contributed by atoms with Crippen molar-refractivity contribution in [1.29, 1.82) is 0 Å². The first-order chi connectivity index (χ1) is 12.5. The highest BCUT2D eigenvalue weighted by molar-refractivity contribution is 5.94. The first kappa shape index (κ1) is 18.5. The quantitative estimate of drug-likeness (QED) is 0.862. The minimum atomic E-state index is -0.477. The lowest BCUT2D eigenvalue weighted by Crippen LogP contribution is -2.46. The number of pyridine rings is 1. The smallest absolute Gasteiger partial charge is 0.253 e. The molecule has 1 heterocycles. The normalized spacial score (nSPS) is 22.8. The highest BCUT2D eigenvalue weighted by Gasteiger charge is 2.35. The molecule has 1 aromatic carbocycles. The summed E-state index contributed by atoms with van der Waals surface area (Å²) in [5.74, 6) is -0.499. The van der Waals surface area contributed by atoms with Crippen molar-refractivity contribution in [3.8, 4) is 11.3 Å². The fourth-order valence-electron chi connectivity index (χ4n) is 3.33. The number of ether oxygens (including phenoxy) is 1. The predicted molar refractivity (Wildman–Crippen MR) is 96.2 cm³/mol. The van der Waals surface area contributed by atoms with E-state index in [4.69, 9.17) is 4.74 Å². The van der Waals surface area contributed by atoms with Crippen molar-refractivity contribution >= 4 is 5.91 Å². The summed E-state index contributed by atoms with van der Waals surface area (Å²) in [5.41, 5.74) is 1.28. The van der Waals surface area contributed by atoms with Gasteiger partial charge in [-0.1, -0.05) is 12.1 Å². The summed E-state index contributed by atoms with van der Waals surface area (Å²) in [7, 11) is 1.61. The Hall–Kier alpha value is -2.31. The maximum atomic E-state index is 13.3. The molecule has 1 aliphatic carbocycles. The summed E-state index contributed by atoms with van der Waals surface area (Å²) >= 11 is 0. The number of benzene rings is 1. The highest BCUT2D eigenvalue weighted by atomic mass is 19.1. The zero-order valence-electron chi connectivity index (χ0n) is 14.7. The van der Waals surface area contributed by atoms with Crippen LogP contribution in [0.4, 0.5) is 4.39 Å². The molecule has 0 radical (unpaired) electrons. The molecule has 0 spiro atoms. The SMILES string of the molecule is COC1(CO)CCC(NC(=O)c2ccc(-c3cccc(F)c3)nc2)CC1. The average molecular weight is 358 g/mol. The standard InChI is InChI=1S/C20H23FN2O3/c1-26-20(13-24)9-7-17(8-10-20)23-19(25)15-5-6-18(22-12-15)14-3-2-4-16(21)11-14/h2-6,11-12,17,24H,7-10,13H2,1H3,(H,23,25). The largest absolute Gasteiger partial charge is 0.393 e. The van der Waals surface area contributed by atoms with Crippen LogP contribution in [0.15, 0.2) is 42.6 Å². The molecule has 0 unspecified atom stereocenters. The molecule has 0 saturated heterocycles. The van der Waals surface area contributed by atoms with E-state index in [0.717, 1.165) is 12.8 Å². The van der Waals surface area contributed by atoms with Crippen molar-refractivity contribution in [2.45, 2.75) is 37.3 Å². The number of nitrogens with one attached hydrogen (secondary N) is 1. The number of methoxy groups -OCH3 is 1. The van der Waals surface area contributed by atoms with Crippen molar-refractivity contribution in [2.24, 2.45) is 0 Å². The van der Waals surface area contributed by atoms with Gasteiger partial charge in [0.05, 0.1) is 23.5 Å². The van der Waals surface area contributed by atoms with Gasteiger partial charge in [-0.05, 0) is 49.9 Å². The Morgan fingerprint density at radius 1 is 1.35 bits per heavy atom. The molecule has 26 heavy (non-hydrogen) atoms. The molecule has 2 aromatic rings. The number of rotatable bonds is 5. The van der Waals surface area contributed by atoms with Crippen LogP contribution in [0.2, 0.25) is 0 Å². The first-order valence-electron chi connectivity index (χ1n) is 8.74. The van der Waals surface area contributed by atoms with E-state index >= 15 is 0 Å². The van der Waals surface area contributed by atoms with Gasteiger partial charge in [-0.2, -0.15) is 0 Å². The Bertz CT molecular complexity index is 750. The van der Waals surface area contributed by atoms with Crippen molar-refractivity contribution in [3.63, 3.8) is 0 Å². The van der Waals surface area contributed by atoms with E-state index in [2.05, 4.69) is 10.3 Å². The summed E-state index contributed by atoms with van der Waals surface area (Å²) in [5, 5.41) is 12.5. The number of nitrogens with zero attached hydrogens (tertiary/aromatic N) is 1. The third-order valence-corrected chi connectivity index (χ3v) is 5.10. The Morgan fingerprint density at radius 3 is 2.69 bits per heavy atom. The van der Waals surface area contributed by atoms with Crippen molar-refractivity contribution in [3.05, 3.63) is 54.0 Å². The molecule has 1 aliphatic rings. The summed E-state index contributed by atoms with van der Waals surface area (Å²) in [6, 6.07) is 9.65. The fraction of sp³-hybridized carbons (Fsp3) is 0.400. The summed E-state index contributed by atoms with van der Waals surface area (Å²) in [6.45, 7) is -0.00434. The summed E-state index contributed by atoms with van der Waals surface area (Å²) in [6.07, 6.45) is 4.44. The van der Waals surface area contributed by atoms with Crippen LogP contribution in [0.25, 0.3) is 11.3 Å². The Balaban J connectivity index is 1.61. The van der Waals surface area contributed by atoms with Gasteiger partial charge in [-0.3, -0.25) is 9.78 Å². The Morgan fingerprint density at radius 2 is 2.12 bits per heavy atom. The second-order valence-corrected chi connectivity index (χ2v) is 6.74. The first-order valence-corrected chi connectivity index (χ1v) is 8.74. The predicted octanol–water partition coefficient (Wildman–Crippen LogP) is 2.94. The molecule has 6 heteroatoms. The molecule has 0 aliphatic heterocycles. The van der Waals surface area contributed by atoms with Gasteiger partial charge in [0.25, 0.3) is 5.91 Å². The van der Waals surface area contributed by atoms with Gasteiger partial charge in [0.15, 0.2) is 0 Å². The van der Waals surface area contributed by atoms with E-state index in [1.807, 2.05) is 0 Å². The fourth-order valence-corrected chi connectivity index (χ4v) is 3.33. The number of amides is 1. The van der Waals surface area contributed by atoms with Gasteiger partial charge in [-0.25, -0.2) is 4.39 Å². The van der Waals surface area contributed by atoms with Gasteiger partial charge in [0, 0.05) is 24.9 Å². The van der Waals surface area contributed by atoms with Gasteiger partial charge in [-0.15, -0.1) is 0 Å². The molecule has 3 rings (SSSR count). The molecular weight excluding hydrogens is 335 g/mol. The van der Waals surface area contributed by atoms with Gasteiger partial charge in [0.1, 0.15) is 5.82 Å². The number of aliphatic hydroxyl groups is 1. The van der Waals surface area contributed by atoms with Crippen LogP contribution in [0.5, 0.6) is 0 Å². The summed E-state index contributed by atoms with van der Waals surface area (Å²) in [4.78, 5) is 16.7. The van der Waals surface area contributed by atoms with E-state index in [9.17, 15) is 14.3 Å². The number of aromatic nitrogens is 1. The number of aliphatic hydroxyl groups excluding tert-OH is 1.